The zero-order chi connectivity index (χ0) is 5.98. The maximum absolute atomic E-state index is 4.23. The van der Waals surface area contributed by atoms with E-state index in [0.717, 1.165) is 12.1 Å². The van der Waals surface area contributed by atoms with Gasteiger partial charge < -0.3 is 0 Å². The van der Waals surface area contributed by atoms with Crippen molar-refractivity contribution in [2.75, 3.05) is 0 Å². The normalized spacial score (nSPS) is 15.9. The number of hydrogen-bond donors (Lipinski definition) is 0. The minimum absolute atomic E-state index is 0.990. The van der Waals surface area contributed by atoms with Gasteiger partial charge in [0.25, 0.3) is 0 Å². The summed E-state index contributed by atoms with van der Waals surface area (Å²) in [7, 11) is 0. The first-order chi connectivity index (χ1) is 3.83. The van der Waals surface area contributed by atoms with Crippen molar-refractivity contribution in [3.63, 3.8) is 0 Å². The van der Waals surface area contributed by atoms with Crippen LogP contribution in [0.15, 0.2) is 17.3 Å². The molecule has 0 atom stereocenters. The molecule has 0 aromatic carbocycles. The molecule has 0 aromatic rings. The first-order valence-corrected chi connectivity index (χ1v) is 3.07. The lowest BCUT2D eigenvalue weighted by atomic mass is 10.4. The largest absolute Gasteiger partial charge is 0.263 e. The lowest BCUT2D eigenvalue weighted by Crippen LogP contribution is -1.71. The summed E-state index contributed by atoms with van der Waals surface area (Å²) in [6.07, 6.45) is 3.40. The van der Waals surface area contributed by atoms with Crippen LogP contribution in [0.25, 0.3) is 0 Å². The molecule has 0 amide bonds. The number of allylic oxidation sites excluding steroid dienone is 1. The summed E-state index contributed by atoms with van der Waals surface area (Å²) in [4.78, 5) is 4.23. The second-order valence-corrected chi connectivity index (χ2v) is 2.10. The van der Waals surface area contributed by atoms with Gasteiger partial charge in [-0.05, 0) is 19.3 Å². The van der Waals surface area contributed by atoms with Crippen LogP contribution in [0.2, 0.25) is 0 Å². The topological polar surface area (TPSA) is 12.4 Å². The zero-order valence-electron chi connectivity index (χ0n) is 5.28. The molecule has 1 fully saturated rings. The molecule has 0 radical (unpaired) electrons. The van der Waals surface area contributed by atoms with Gasteiger partial charge in [-0.1, -0.05) is 13.5 Å². The smallest absolute Gasteiger partial charge is 0.0328 e. The fourth-order valence-corrected chi connectivity index (χ4v) is 0.470. The Morgan fingerprint density at radius 2 is 2.38 bits per heavy atom. The summed E-state index contributed by atoms with van der Waals surface area (Å²) in [5, 5.41) is 0. The lowest BCUT2D eigenvalue weighted by molar-refractivity contribution is 1.08. The van der Waals surface area contributed by atoms with Crippen LogP contribution in [0.4, 0.5) is 0 Å². The second kappa shape index (κ2) is 2.12. The summed E-state index contributed by atoms with van der Waals surface area (Å²) in [5.41, 5.74) is 2.36. The standard InChI is InChI=1S/C7H11N/c1-3-6(2)8-7-4-5-7/h2-5H2,1H3. The molecule has 44 valence electrons. The summed E-state index contributed by atoms with van der Waals surface area (Å²) in [5.74, 6) is 0. The van der Waals surface area contributed by atoms with E-state index >= 15 is 0 Å². The van der Waals surface area contributed by atoms with Crippen molar-refractivity contribution >= 4 is 5.71 Å². The van der Waals surface area contributed by atoms with Crippen molar-refractivity contribution in [2.24, 2.45) is 4.99 Å². The van der Waals surface area contributed by atoms with Gasteiger partial charge in [0, 0.05) is 11.4 Å². The van der Waals surface area contributed by atoms with Gasteiger partial charge in [-0.3, -0.25) is 4.99 Å². The molecule has 1 nitrogen and oxygen atoms in total. The molecule has 1 rings (SSSR count). The maximum atomic E-state index is 4.23. The summed E-state index contributed by atoms with van der Waals surface area (Å²) in [6, 6.07) is 0. The SMILES string of the molecule is C=C(CC)N=C1CC1. The molecule has 8 heavy (non-hydrogen) atoms. The molecule has 0 bridgehead atoms. The van der Waals surface area contributed by atoms with Crippen molar-refractivity contribution in [3.05, 3.63) is 12.3 Å². The third-order valence-corrected chi connectivity index (χ3v) is 1.20. The van der Waals surface area contributed by atoms with E-state index in [0.29, 0.717) is 0 Å². The first-order valence-electron chi connectivity index (χ1n) is 3.07. The molecule has 0 aliphatic heterocycles. The Morgan fingerprint density at radius 1 is 1.75 bits per heavy atom. The Hall–Kier alpha value is -0.590. The average molecular weight is 109 g/mol. The second-order valence-electron chi connectivity index (χ2n) is 2.10. The molecule has 1 saturated carbocycles. The Balaban J connectivity index is 2.37. The van der Waals surface area contributed by atoms with Gasteiger partial charge in [-0.15, -0.1) is 0 Å². The molecular formula is C7H11N. The van der Waals surface area contributed by atoms with Crippen molar-refractivity contribution in [1.29, 1.82) is 0 Å². The first kappa shape index (κ1) is 5.54. The average Bonchev–Trinajstić information content (AvgIpc) is 2.50. The molecule has 1 aliphatic carbocycles. The van der Waals surface area contributed by atoms with Gasteiger partial charge in [-0.2, -0.15) is 0 Å². The predicted octanol–water partition coefficient (Wildman–Crippen LogP) is 2.14. The van der Waals surface area contributed by atoms with Gasteiger partial charge in [0.15, 0.2) is 0 Å². The van der Waals surface area contributed by atoms with Gasteiger partial charge in [0.2, 0.25) is 0 Å². The summed E-state index contributed by atoms with van der Waals surface area (Å²) in [6.45, 7) is 5.84. The Morgan fingerprint density at radius 3 is 2.75 bits per heavy atom. The maximum Gasteiger partial charge on any atom is 0.0328 e. The van der Waals surface area contributed by atoms with E-state index in [1.165, 1.54) is 18.6 Å². The quantitative estimate of drug-likeness (QED) is 0.515. The number of nitrogens with zero attached hydrogens (tertiary/aromatic N) is 1. The molecule has 0 unspecified atom stereocenters. The molecule has 0 aromatic heterocycles. The van der Waals surface area contributed by atoms with E-state index in [9.17, 15) is 0 Å². The number of hydrogen-bond acceptors (Lipinski definition) is 1. The molecule has 1 heteroatoms. The highest BCUT2D eigenvalue weighted by Gasteiger charge is 2.12. The molecular weight excluding hydrogens is 98.1 g/mol. The highest BCUT2D eigenvalue weighted by atomic mass is 14.8. The van der Waals surface area contributed by atoms with Crippen molar-refractivity contribution in [1.82, 2.24) is 0 Å². The van der Waals surface area contributed by atoms with Crippen LogP contribution >= 0.6 is 0 Å². The van der Waals surface area contributed by atoms with Gasteiger partial charge in [0.05, 0.1) is 0 Å². The number of aliphatic imine (C=N–C) groups is 1. The van der Waals surface area contributed by atoms with Crippen LogP contribution in [0.3, 0.4) is 0 Å². The fraction of sp³-hybridized carbons (Fsp3) is 0.571. The fourth-order valence-electron chi connectivity index (χ4n) is 0.470. The summed E-state index contributed by atoms with van der Waals surface area (Å²) >= 11 is 0. The van der Waals surface area contributed by atoms with Gasteiger partial charge in [0.1, 0.15) is 0 Å². The third-order valence-electron chi connectivity index (χ3n) is 1.20. The van der Waals surface area contributed by atoms with Crippen molar-refractivity contribution < 1.29 is 0 Å². The van der Waals surface area contributed by atoms with E-state index < -0.39 is 0 Å². The Bertz CT molecular complexity index is 127. The zero-order valence-corrected chi connectivity index (χ0v) is 5.28. The van der Waals surface area contributed by atoms with Crippen LogP contribution < -0.4 is 0 Å². The Labute approximate surface area is 50.1 Å². The van der Waals surface area contributed by atoms with E-state index in [4.69, 9.17) is 0 Å². The molecule has 0 heterocycles. The monoisotopic (exact) mass is 109 g/mol. The van der Waals surface area contributed by atoms with Crippen molar-refractivity contribution in [3.8, 4) is 0 Å². The summed E-state index contributed by atoms with van der Waals surface area (Å²) < 4.78 is 0. The van der Waals surface area contributed by atoms with E-state index in [2.05, 4.69) is 18.5 Å². The van der Waals surface area contributed by atoms with Crippen LogP contribution in [-0.2, 0) is 0 Å². The number of rotatable bonds is 2. The predicted molar refractivity (Wildman–Crippen MR) is 36.1 cm³/mol. The minimum Gasteiger partial charge on any atom is -0.263 e. The van der Waals surface area contributed by atoms with Crippen LogP contribution in [-0.4, -0.2) is 5.71 Å². The van der Waals surface area contributed by atoms with Crippen LogP contribution in [0.1, 0.15) is 26.2 Å². The van der Waals surface area contributed by atoms with Crippen LogP contribution in [0, 0.1) is 0 Å². The van der Waals surface area contributed by atoms with Gasteiger partial charge >= 0.3 is 0 Å². The highest BCUT2D eigenvalue weighted by Crippen LogP contribution is 2.16. The van der Waals surface area contributed by atoms with E-state index in [1.807, 2.05) is 0 Å². The van der Waals surface area contributed by atoms with E-state index in [-0.39, 0.29) is 0 Å². The third kappa shape index (κ3) is 1.49. The highest BCUT2D eigenvalue weighted by molar-refractivity contribution is 5.98. The molecule has 0 saturated heterocycles. The lowest BCUT2D eigenvalue weighted by Gasteiger charge is -1.86. The molecule has 1 aliphatic rings. The molecule has 0 spiro atoms. The molecule has 0 N–H and O–H groups in total. The van der Waals surface area contributed by atoms with Crippen molar-refractivity contribution in [2.45, 2.75) is 26.2 Å². The Kier molecular flexibility index (Phi) is 1.47. The minimum atomic E-state index is 0.990. The van der Waals surface area contributed by atoms with Gasteiger partial charge in [-0.25, -0.2) is 0 Å². The van der Waals surface area contributed by atoms with E-state index in [1.54, 1.807) is 0 Å². The van der Waals surface area contributed by atoms with Crippen LogP contribution in [0.5, 0.6) is 0 Å².